The molecule has 0 aliphatic rings. The van der Waals surface area contributed by atoms with Crippen molar-refractivity contribution in [2.24, 2.45) is 0 Å². The molecule has 88 valence electrons. The minimum Gasteiger partial charge on any atom is -0.437 e. The van der Waals surface area contributed by atoms with Crippen LogP contribution in [0.25, 0.3) is 0 Å². The monoisotopic (exact) mass is 268 g/mol. The van der Waals surface area contributed by atoms with Gasteiger partial charge in [-0.1, -0.05) is 29.3 Å². The molecule has 1 aromatic heterocycles. The van der Waals surface area contributed by atoms with Gasteiger partial charge in [-0.3, -0.25) is 0 Å². The minimum atomic E-state index is 0.310. The number of aromatic nitrogens is 1. The molecular weight excluding hydrogens is 259 g/mol. The molecule has 3 nitrogen and oxygen atoms in total. The van der Waals surface area contributed by atoms with E-state index in [0.29, 0.717) is 27.4 Å². The number of hydrogen-bond donors (Lipinski definition) is 1. The Hall–Kier alpha value is -1.45. The highest BCUT2D eigenvalue weighted by atomic mass is 35.5. The molecule has 17 heavy (non-hydrogen) atoms. The summed E-state index contributed by atoms with van der Waals surface area (Å²) in [4.78, 5) is 4.02. The first-order valence-corrected chi connectivity index (χ1v) is 5.67. The first-order valence-electron chi connectivity index (χ1n) is 4.91. The molecule has 0 aliphatic carbocycles. The summed E-state index contributed by atoms with van der Waals surface area (Å²) in [6.07, 6.45) is 1.48. The van der Waals surface area contributed by atoms with E-state index in [1.54, 1.807) is 18.2 Å². The van der Waals surface area contributed by atoms with E-state index in [0.717, 1.165) is 5.56 Å². The van der Waals surface area contributed by atoms with E-state index in [1.807, 2.05) is 13.0 Å². The van der Waals surface area contributed by atoms with Gasteiger partial charge in [-0.2, -0.15) is 0 Å². The van der Waals surface area contributed by atoms with Crippen molar-refractivity contribution < 1.29 is 4.74 Å². The zero-order valence-corrected chi connectivity index (χ0v) is 10.6. The molecule has 0 fully saturated rings. The fourth-order valence-corrected chi connectivity index (χ4v) is 1.73. The lowest BCUT2D eigenvalue weighted by Crippen LogP contribution is -1.93. The first kappa shape index (κ1) is 12.0. The van der Waals surface area contributed by atoms with Crippen LogP contribution in [0, 0.1) is 6.92 Å². The molecule has 2 rings (SSSR count). The van der Waals surface area contributed by atoms with E-state index >= 15 is 0 Å². The largest absolute Gasteiger partial charge is 0.437 e. The van der Waals surface area contributed by atoms with Crippen LogP contribution in [0.1, 0.15) is 5.56 Å². The van der Waals surface area contributed by atoms with Crippen LogP contribution in [-0.4, -0.2) is 4.98 Å². The number of nitrogens with two attached hydrogens (primary N) is 1. The summed E-state index contributed by atoms with van der Waals surface area (Å²) in [5, 5.41) is 0.825. The van der Waals surface area contributed by atoms with E-state index < -0.39 is 0 Å². The third-order valence-corrected chi connectivity index (χ3v) is 2.67. The highest BCUT2D eigenvalue weighted by Crippen LogP contribution is 2.31. The number of rotatable bonds is 2. The normalized spacial score (nSPS) is 10.3. The number of pyridine rings is 1. The second-order valence-electron chi connectivity index (χ2n) is 3.57. The lowest BCUT2D eigenvalue weighted by molar-refractivity contribution is 0.460. The number of benzene rings is 1. The van der Waals surface area contributed by atoms with E-state index in [2.05, 4.69) is 4.98 Å². The van der Waals surface area contributed by atoms with E-state index in [-0.39, 0.29) is 0 Å². The topological polar surface area (TPSA) is 48.1 Å². The maximum atomic E-state index is 5.97. The molecule has 0 aliphatic heterocycles. The summed E-state index contributed by atoms with van der Waals surface area (Å²) in [6, 6.07) is 6.97. The van der Waals surface area contributed by atoms with Gasteiger partial charge in [0.2, 0.25) is 5.88 Å². The van der Waals surface area contributed by atoms with Crippen molar-refractivity contribution in [3.8, 4) is 11.6 Å². The summed E-state index contributed by atoms with van der Waals surface area (Å²) >= 11 is 11.7. The highest BCUT2D eigenvalue weighted by Gasteiger charge is 2.07. The maximum Gasteiger partial charge on any atom is 0.238 e. The van der Waals surface area contributed by atoms with Gasteiger partial charge in [0.15, 0.2) is 0 Å². The molecule has 1 heterocycles. The summed E-state index contributed by atoms with van der Waals surface area (Å²) in [6.45, 7) is 1.92. The van der Waals surface area contributed by atoms with E-state index in [1.165, 1.54) is 6.20 Å². The Morgan fingerprint density at radius 1 is 1.24 bits per heavy atom. The molecule has 2 aromatic rings. The quantitative estimate of drug-likeness (QED) is 0.836. The van der Waals surface area contributed by atoms with Crippen LogP contribution in [-0.2, 0) is 0 Å². The van der Waals surface area contributed by atoms with Gasteiger partial charge in [-0.05, 0) is 24.6 Å². The Morgan fingerprint density at radius 3 is 2.71 bits per heavy atom. The van der Waals surface area contributed by atoms with E-state index in [4.69, 9.17) is 33.7 Å². The van der Waals surface area contributed by atoms with Crippen molar-refractivity contribution in [2.45, 2.75) is 6.92 Å². The third kappa shape index (κ3) is 2.81. The smallest absolute Gasteiger partial charge is 0.238 e. The van der Waals surface area contributed by atoms with Gasteiger partial charge in [0, 0.05) is 18.0 Å². The molecular formula is C12H10Cl2N2O. The zero-order chi connectivity index (χ0) is 12.4. The fraction of sp³-hybridized carbons (Fsp3) is 0.0833. The Kier molecular flexibility index (Phi) is 3.41. The van der Waals surface area contributed by atoms with Gasteiger partial charge in [-0.25, -0.2) is 4.98 Å². The molecule has 2 N–H and O–H groups in total. The van der Waals surface area contributed by atoms with Gasteiger partial charge in [0.1, 0.15) is 10.8 Å². The standard InChI is InChI=1S/C12H10Cl2N2O/c1-7-2-3-9(15)5-11(7)17-12-10(14)4-8(13)6-16-12/h2-6H,15H2,1H3. The van der Waals surface area contributed by atoms with Crippen molar-refractivity contribution >= 4 is 28.9 Å². The summed E-state index contributed by atoms with van der Waals surface area (Å²) < 4.78 is 5.59. The number of anilines is 1. The molecule has 1 aromatic carbocycles. The number of aryl methyl sites for hydroxylation is 1. The molecule has 0 saturated carbocycles. The SMILES string of the molecule is Cc1ccc(N)cc1Oc1ncc(Cl)cc1Cl. The van der Waals surface area contributed by atoms with Gasteiger partial charge in [0.05, 0.1) is 5.02 Å². The summed E-state index contributed by atoms with van der Waals surface area (Å²) in [5.41, 5.74) is 7.26. The van der Waals surface area contributed by atoms with Crippen molar-refractivity contribution in [2.75, 3.05) is 5.73 Å². The van der Waals surface area contributed by atoms with Crippen molar-refractivity contribution in [3.63, 3.8) is 0 Å². The minimum absolute atomic E-state index is 0.310. The van der Waals surface area contributed by atoms with Gasteiger partial charge in [-0.15, -0.1) is 0 Å². The summed E-state index contributed by atoms with van der Waals surface area (Å²) in [5.74, 6) is 0.937. The second-order valence-corrected chi connectivity index (χ2v) is 4.41. The average Bonchev–Trinajstić information content (AvgIpc) is 2.27. The second kappa shape index (κ2) is 4.82. The molecule has 0 amide bonds. The molecule has 5 heteroatoms. The van der Waals surface area contributed by atoms with Crippen molar-refractivity contribution in [1.29, 1.82) is 0 Å². The van der Waals surface area contributed by atoms with Crippen LogP contribution < -0.4 is 10.5 Å². The van der Waals surface area contributed by atoms with Crippen LogP contribution in [0.4, 0.5) is 5.69 Å². The number of halogens is 2. The van der Waals surface area contributed by atoms with Crippen LogP contribution in [0.2, 0.25) is 10.0 Å². The number of nitrogens with zero attached hydrogens (tertiary/aromatic N) is 1. The molecule has 0 spiro atoms. The number of nitrogen functional groups attached to an aromatic ring is 1. The van der Waals surface area contributed by atoms with Crippen LogP contribution in [0.5, 0.6) is 11.6 Å². The fourth-order valence-electron chi connectivity index (χ4n) is 1.31. The maximum absolute atomic E-state index is 5.97. The Bertz CT molecular complexity index is 558. The molecule has 0 saturated heterocycles. The zero-order valence-electron chi connectivity index (χ0n) is 9.08. The van der Waals surface area contributed by atoms with Crippen molar-refractivity contribution in [1.82, 2.24) is 4.98 Å². The van der Waals surface area contributed by atoms with Crippen LogP contribution >= 0.6 is 23.2 Å². The predicted molar refractivity (Wildman–Crippen MR) is 69.9 cm³/mol. The molecule has 0 unspecified atom stereocenters. The molecule has 0 bridgehead atoms. The number of hydrogen-bond acceptors (Lipinski definition) is 3. The Labute approximate surface area is 109 Å². The van der Waals surface area contributed by atoms with Crippen molar-refractivity contribution in [3.05, 3.63) is 46.1 Å². The third-order valence-electron chi connectivity index (χ3n) is 2.19. The van der Waals surface area contributed by atoms with Gasteiger partial charge < -0.3 is 10.5 Å². The first-order chi connectivity index (χ1) is 8.06. The average molecular weight is 269 g/mol. The Balaban J connectivity index is 2.34. The van der Waals surface area contributed by atoms with Gasteiger partial charge in [0.25, 0.3) is 0 Å². The summed E-state index contributed by atoms with van der Waals surface area (Å²) in [7, 11) is 0. The predicted octanol–water partition coefficient (Wildman–Crippen LogP) is 4.07. The van der Waals surface area contributed by atoms with Gasteiger partial charge >= 0.3 is 0 Å². The van der Waals surface area contributed by atoms with E-state index in [9.17, 15) is 0 Å². The van der Waals surface area contributed by atoms with Crippen LogP contribution in [0.3, 0.4) is 0 Å². The molecule has 0 atom stereocenters. The Morgan fingerprint density at radius 2 is 2.00 bits per heavy atom. The van der Waals surface area contributed by atoms with Crippen LogP contribution in [0.15, 0.2) is 30.5 Å². The lowest BCUT2D eigenvalue weighted by Gasteiger charge is -2.09. The number of ether oxygens (including phenoxy) is 1. The molecule has 0 radical (unpaired) electrons. The highest BCUT2D eigenvalue weighted by molar-refractivity contribution is 6.35. The lowest BCUT2D eigenvalue weighted by atomic mass is 10.2.